The maximum absolute atomic E-state index is 12.3. The fraction of sp³-hybridized carbons (Fsp3) is 0.125. The Hall–Kier alpha value is -2.40. The van der Waals surface area contributed by atoms with Crippen LogP contribution in [-0.2, 0) is 4.79 Å². The van der Waals surface area contributed by atoms with Crippen molar-refractivity contribution in [3.8, 4) is 0 Å². The average Bonchev–Trinajstić information content (AvgIpc) is 3.19. The Balaban J connectivity index is 1.75. The molecule has 0 saturated heterocycles. The van der Waals surface area contributed by atoms with Crippen LogP contribution in [0, 0.1) is 0 Å². The van der Waals surface area contributed by atoms with Gasteiger partial charge in [0.05, 0.1) is 24.3 Å². The van der Waals surface area contributed by atoms with Gasteiger partial charge in [-0.2, -0.15) is 0 Å². The molecule has 0 spiro atoms. The van der Waals surface area contributed by atoms with Crippen LogP contribution in [0.3, 0.4) is 0 Å². The molecule has 0 aliphatic carbocycles. The summed E-state index contributed by atoms with van der Waals surface area (Å²) in [6, 6.07) is 11.7. The largest absolute Gasteiger partial charge is 0.346 e. The number of nitrogens with one attached hydrogen (secondary N) is 1. The minimum absolute atomic E-state index is 0.0184. The van der Waals surface area contributed by atoms with Gasteiger partial charge < -0.3 is 9.88 Å². The Morgan fingerprint density at radius 3 is 2.76 bits per heavy atom. The topological polar surface area (TPSA) is 46.9 Å². The number of aromatic nitrogens is 2. The highest BCUT2D eigenvalue weighted by Crippen LogP contribution is 2.26. The van der Waals surface area contributed by atoms with Crippen molar-refractivity contribution in [2.75, 3.05) is 5.32 Å². The highest BCUT2D eigenvalue weighted by molar-refractivity contribution is 7.10. The van der Waals surface area contributed by atoms with Crippen molar-refractivity contribution < 1.29 is 4.79 Å². The van der Waals surface area contributed by atoms with E-state index in [0.29, 0.717) is 6.42 Å². The Kier molecular flexibility index (Phi) is 4.12. The van der Waals surface area contributed by atoms with Gasteiger partial charge in [0, 0.05) is 23.5 Å². The summed E-state index contributed by atoms with van der Waals surface area (Å²) < 4.78 is 2.06. The van der Waals surface area contributed by atoms with E-state index >= 15 is 0 Å². The molecule has 3 aromatic rings. The van der Waals surface area contributed by atoms with Crippen LogP contribution in [0.5, 0.6) is 0 Å². The fourth-order valence-corrected chi connectivity index (χ4v) is 3.05. The molecule has 3 rings (SSSR count). The van der Waals surface area contributed by atoms with Gasteiger partial charge in [0.25, 0.3) is 0 Å². The quantitative estimate of drug-likeness (QED) is 0.782. The number of carbonyl (C=O) groups is 1. The number of pyridine rings is 1. The van der Waals surface area contributed by atoms with Crippen LogP contribution >= 0.6 is 11.3 Å². The minimum Gasteiger partial charge on any atom is -0.346 e. The summed E-state index contributed by atoms with van der Waals surface area (Å²) in [5.41, 5.74) is 0.722. The van der Waals surface area contributed by atoms with Crippen LogP contribution in [0.1, 0.15) is 17.3 Å². The van der Waals surface area contributed by atoms with Gasteiger partial charge in [-0.05, 0) is 35.7 Å². The van der Waals surface area contributed by atoms with Crippen LogP contribution in [0.15, 0.2) is 66.6 Å². The van der Waals surface area contributed by atoms with Gasteiger partial charge in [0.1, 0.15) is 0 Å². The Bertz CT molecular complexity index is 643. The number of nitrogens with zero attached hydrogens (tertiary/aromatic N) is 2. The molecule has 5 heteroatoms. The predicted molar refractivity (Wildman–Crippen MR) is 84.4 cm³/mol. The van der Waals surface area contributed by atoms with E-state index in [-0.39, 0.29) is 11.9 Å². The number of hydrogen-bond acceptors (Lipinski definition) is 3. The highest BCUT2D eigenvalue weighted by Gasteiger charge is 2.18. The van der Waals surface area contributed by atoms with Crippen molar-refractivity contribution >= 4 is 22.9 Å². The first-order valence-corrected chi connectivity index (χ1v) is 7.56. The lowest BCUT2D eigenvalue weighted by Crippen LogP contribution is -2.19. The van der Waals surface area contributed by atoms with Crippen molar-refractivity contribution in [3.05, 3.63) is 71.4 Å². The number of amides is 1. The lowest BCUT2D eigenvalue weighted by atomic mass is 10.1. The normalized spacial score (nSPS) is 12.0. The Morgan fingerprint density at radius 1 is 1.24 bits per heavy atom. The SMILES string of the molecule is O=C(C[C@@H](c1cccs1)n1cccc1)Nc1cccnc1. The van der Waals surface area contributed by atoms with E-state index in [1.165, 1.54) is 4.88 Å². The Labute approximate surface area is 127 Å². The van der Waals surface area contributed by atoms with E-state index in [1.54, 1.807) is 29.8 Å². The smallest absolute Gasteiger partial charge is 0.226 e. The molecule has 0 aromatic carbocycles. The van der Waals surface area contributed by atoms with Gasteiger partial charge >= 0.3 is 0 Å². The molecule has 0 unspecified atom stereocenters. The molecule has 0 saturated carbocycles. The van der Waals surface area contributed by atoms with Crippen LogP contribution < -0.4 is 5.32 Å². The first-order valence-electron chi connectivity index (χ1n) is 6.68. The van der Waals surface area contributed by atoms with Crippen molar-refractivity contribution in [1.29, 1.82) is 0 Å². The lowest BCUT2D eigenvalue weighted by molar-refractivity contribution is -0.116. The molecular formula is C16H15N3OS. The zero-order chi connectivity index (χ0) is 14.5. The van der Waals surface area contributed by atoms with Gasteiger partial charge in [0.2, 0.25) is 5.91 Å². The molecule has 0 bridgehead atoms. The van der Waals surface area contributed by atoms with Crippen LogP contribution in [0.2, 0.25) is 0 Å². The zero-order valence-electron chi connectivity index (χ0n) is 11.3. The Morgan fingerprint density at radius 2 is 2.10 bits per heavy atom. The first-order chi connectivity index (χ1) is 10.3. The molecule has 0 fully saturated rings. The van der Waals surface area contributed by atoms with E-state index in [9.17, 15) is 4.79 Å². The second kappa shape index (κ2) is 6.37. The average molecular weight is 297 g/mol. The van der Waals surface area contributed by atoms with Gasteiger partial charge in [-0.3, -0.25) is 9.78 Å². The molecule has 106 valence electrons. The number of carbonyl (C=O) groups excluding carboxylic acids is 1. The van der Waals surface area contributed by atoms with E-state index in [4.69, 9.17) is 0 Å². The molecular weight excluding hydrogens is 282 g/mol. The summed E-state index contributed by atoms with van der Waals surface area (Å²) in [4.78, 5) is 17.4. The number of thiophene rings is 1. The number of anilines is 1. The molecule has 3 aromatic heterocycles. The highest BCUT2D eigenvalue weighted by atomic mass is 32.1. The lowest BCUT2D eigenvalue weighted by Gasteiger charge is -2.17. The van der Waals surface area contributed by atoms with Gasteiger partial charge in [-0.15, -0.1) is 11.3 Å². The summed E-state index contributed by atoms with van der Waals surface area (Å²) in [6.07, 6.45) is 7.70. The molecule has 0 aliphatic rings. The van der Waals surface area contributed by atoms with Gasteiger partial charge in [-0.1, -0.05) is 6.07 Å². The molecule has 1 atom stereocenters. The summed E-state index contributed by atoms with van der Waals surface area (Å²) in [5.74, 6) is -0.0184. The monoisotopic (exact) mass is 297 g/mol. The van der Waals surface area contributed by atoms with Gasteiger partial charge in [-0.25, -0.2) is 0 Å². The predicted octanol–water partition coefficient (Wildman–Crippen LogP) is 3.56. The van der Waals surface area contributed by atoms with E-state index in [0.717, 1.165) is 5.69 Å². The van der Waals surface area contributed by atoms with E-state index in [1.807, 2.05) is 42.0 Å². The summed E-state index contributed by atoms with van der Waals surface area (Å²) in [7, 11) is 0. The van der Waals surface area contributed by atoms with Crippen LogP contribution in [0.25, 0.3) is 0 Å². The van der Waals surface area contributed by atoms with Gasteiger partial charge in [0.15, 0.2) is 0 Å². The maximum Gasteiger partial charge on any atom is 0.226 e. The zero-order valence-corrected chi connectivity index (χ0v) is 12.2. The van der Waals surface area contributed by atoms with Crippen LogP contribution in [-0.4, -0.2) is 15.5 Å². The van der Waals surface area contributed by atoms with Crippen molar-refractivity contribution in [1.82, 2.24) is 9.55 Å². The van der Waals surface area contributed by atoms with E-state index < -0.39 is 0 Å². The van der Waals surface area contributed by atoms with E-state index in [2.05, 4.69) is 20.9 Å². The summed E-state index contributed by atoms with van der Waals surface area (Å²) >= 11 is 1.66. The molecule has 21 heavy (non-hydrogen) atoms. The third-order valence-electron chi connectivity index (χ3n) is 3.18. The molecule has 0 aliphatic heterocycles. The second-order valence-electron chi connectivity index (χ2n) is 4.66. The van der Waals surface area contributed by atoms with Crippen LogP contribution in [0.4, 0.5) is 5.69 Å². The van der Waals surface area contributed by atoms with Crippen molar-refractivity contribution in [3.63, 3.8) is 0 Å². The minimum atomic E-state index is -0.0184. The van der Waals surface area contributed by atoms with Crippen molar-refractivity contribution in [2.45, 2.75) is 12.5 Å². The number of hydrogen-bond donors (Lipinski definition) is 1. The third-order valence-corrected chi connectivity index (χ3v) is 4.16. The third kappa shape index (κ3) is 3.38. The standard InChI is InChI=1S/C16H15N3OS/c20-16(18-13-5-3-7-17-12-13)11-14(15-6-4-10-21-15)19-8-1-2-9-19/h1-10,12,14H,11H2,(H,18,20)/t14-/m0/s1. The second-order valence-corrected chi connectivity index (χ2v) is 5.63. The molecule has 1 N–H and O–H groups in total. The number of rotatable bonds is 5. The summed E-state index contributed by atoms with van der Waals surface area (Å²) in [5, 5.41) is 4.92. The molecule has 0 radical (unpaired) electrons. The summed E-state index contributed by atoms with van der Waals surface area (Å²) in [6.45, 7) is 0. The molecule has 3 heterocycles. The molecule has 4 nitrogen and oxygen atoms in total. The maximum atomic E-state index is 12.3. The fourth-order valence-electron chi connectivity index (χ4n) is 2.21. The van der Waals surface area contributed by atoms with Crippen molar-refractivity contribution in [2.24, 2.45) is 0 Å². The molecule has 1 amide bonds. The first kappa shape index (κ1) is 13.6.